The monoisotopic (exact) mass is 346 g/mol. The minimum Gasteiger partial charge on any atom is -0.508 e. The number of phenols is 1. The number of aromatic hydroxyl groups is 1. The van der Waals surface area contributed by atoms with Gasteiger partial charge in [-0.05, 0) is 42.7 Å². The number of unbranched alkanes of at least 4 members (excludes halogenated alkanes) is 7. The molecule has 0 fully saturated rings. The summed E-state index contributed by atoms with van der Waals surface area (Å²) in [4.78, 5) is 0. The van der Waals surface area contributed by atoms with Crippen LogP contribution < -0.4 is 0 Å². The van der Waals surface area contributed by atoms with Crippen LogP contribution in [0.5, 0.6) is 5.75 Å². The molecular formula is C24H42O. The average molecular weight is 347 g/mol. The van der Waals surface area contributed by atoms with E-state index in [0.717, 1.165) is 5.92 Å². The first-order chi connectivity index (χ1) is 12.2. The molecule has 0 aliphatic heterocycles. The predicted molar refractivity (Wildman–Crippen MR) is 111 cm³/mol. The second-order valence-electron chi connectivity index (χ2n) is 7.77. The van der Waals surface area contributed by atoms with Crippen LogP contribution in [-0.4, -0.2) is 5.11 Å². The zero-order chi connectivity index (χ0) is 18.3. The molecule has 0 bridgehead atoms. The molecule has 0 aromatic heterocycles. The van der Waals surface area contributed by atoms with Crippen molar-refractivity contribution in [2.45, 2.75) is 110 Å². The molecule has 0 aliphatic carbocycles. The third-order valence-electron chi connectivity index (χ3n) is 5.63. The van der Waals surface area contributed by atoms with Crippen LogP contribution in [0.3, 0.4) is 0 Å². The number of hydrogen-bond acceptors (Lipinski definition) is 1. The summed E-state index contributed by atoms with van der Waals surface area (Å²) in [6.07, 6.45) is 17.1. The van der Waals surface area contributed by atoms with Gasteiger partial charge in [0.15, 0.2) is 0 Å². The molecule has 1 N–H and O–H groups in total. The fraction of sp³-hybridized carbons (Fsp3) is 0.750. The molecule has 0 radical (unpaired) electrons. The Balaban J connectivity index is 2.75. The van der Waals surface area contributed by atoms with Crippen molar-refractivity contribution < 1.29 is 5.11 Å². The van der Waals surface area contributed by atoms with Gasteiger partial charge in [0.2, 0.25) is 0 Å². The highest BCUT2D eigenvalue weighted by atomic mass is 16.3. The Hall–Kier alpha value is -0.980. The standard InChI is InChI=1S/C24H42O/c1-4-7-10-11-12-13-18-22(23-19-14-15-20-24(23)25)21(16-8-5-2)17-9-6-3/h14-15,19-22,25H,4-13,16-18H2,1-3H3. The maximum atomic E-state index is 10.5. The van der Waals surface area contributed by atoms with Gasteiger partial charge in [-0.25, -0.2) is 0 Å². The summed E-state index contributed by atoms with van der Waals surface area (Å²) >= 11 is 0. The molecule has 1 aromatic rings. The molecule has 0 saturated carbocycles. The number of rotatable bonds is 15. The molecule has 0 heterocycles. The molecule has 1 aromatic carbocycles. The number of phenolic OH excluding ortho intramolecular Hbond substituents is 1. The summed E-state index contributed by atoms with van der Waals surface area (Å²) in [5.74, 6) is 1.77. The highest BCUT2D eigenvalue weighted by molar-refractivity contribution is 5.35. The van der Waals surface area contributed by atoms with E-state index in [0.29, 0.717) is 11.7 Å². The first-order valence-electron chi connectivity index (χ1n) is 11.0. The van der Waals surface area contributed by atoms with Gasteiger partial charge in [-0.15, -0.1) is 0 Å². The lowest BCUT2D eigenvalue weighted by Crippen LogP contribution is -2.14. The van der Waals surface area contributed by atoms with Gasteiger partial charge in [-0.3, -0.25) is 0 Å². The fourth-order valence-electron chi connectivity index (χ4n) is 4.07. The summed E-state index contributed by atoms with van der Waals surface area (Å²) in [5, 5.41) is 10.5. The van der Waals surface area contributed by atoms with Crippen molar-refractivity contribution in [1.82, 2.24) is 0 Å². The first kappa shape index (κ1) is 22.1. The summed E-state index contributed by atoms with van der Waals surface area (Å²) in [6, 6.07) is 8.09. The number of hydrogen-bond donors (Lipinski definition) is 1. The SMILES string of the molecule is CCCCCCCCC(c1ccccc1O)C(CCCC)CCCC. The third kappa shape index (κ3) is 8.79. The Labute approximate surface area is 157 Å². The molecular weight excluding hydrogens is 304 g/mol. The van der Waals surface area contributed by atoms with Crippen molar-refractivity contribution in [1.29, 1.82) is 0 Å². The lowest BCUT2D eigenvalue weighted by atomic mass is 9.77. The summed E-state index contributed by atoms with van der Waals surface area (Å²) in [7, 11) is 0. The molecule has 1 heteroatoms. The molecule has 144 valence electrons. The van der Waals surface area contributed by atoms with E-state index in [2.05, 4.69) is 32.9 Å². The van der Waals surface area contributed by atoms with E-state index in [-0.39, 0.29) is 0 Å². The number of benzene rings is 1. The Morgan fingerprint density at radius 2 is 1.24 bits per heavy atom. The summed E-state index contributed by atoms with van der Waals surface area (Å²) in [5.41, 5.74) is 1.20. The van der Waals surface area contributed by atoms with E-state index in [9.17, 15) is 5.11 Å². The van der Waals surface area contributed by atoms with Crippen molar-refractivity contribution in [2.75, 3.05) is 0 Å². The quantitative estimate of drug-likeness (QED) is 0.317. The Morgan fingerprint density at radius 1 is 0.680 bits per heavy atom. The highest BCUT2D eigenvalue weighted by Crippen LogP contribution is 2.40. The lowest BCUT2D eigenvalue weighted by molar-refractivity contribution is 0.320. The van der Waals surface area contributed by atoms with Gasteiger partial charge < -0.3 is 5.11 Å². The summed E-state index contributed by atoms with van der Waals surface area (Å²) in [6.45, 7) is 6.86. The molecule has 0 spiro atoms. The van der Waals surface area contributed by atoms with Crippen LogP contribution in [0, 0.1) is 5.92 Å². The van der Waals surface area contributed by atoms with E-state index in [1.54, 1.807) is 0 Å². The Kier molecular flexibility index (Phi) is 12.5. The van der Waals surface area contributed by atoms with E-state index < -0.39 is 0 Å². The minimum atomic E-state index is 0.511. The highest BCUT2D eigenvalue weighted by Gasteiger charge is 2.24. The molecule has 0 saturated heterocycles. The van der Waals surface area contributed by atoms with Gasteiger partial charge in [0.25, 0.3) is 0 Å². The van der Waals surface area contributed by atoms with Crippen LogP contribution in [-0.2, 0) is 0 Å². The third-order valence-corrected chi connectivity index (χ3v) is 5.63. The van der Waals surface area contributed by atoms with Crippen LogP contribution in [0.15, 0.2) is 24.3 Å². The first-order valence-corrected chi connectivity index (χ1v) is 11.0. The largest absolute Gasteiger partial charge is 0.508 e. The zero-order valence-corrected chi connectivity index (χ0v) is 17.1. The lowest BCUT2D eigenvalue weighted by Gasteiger charge is -2.28. The molecule has 0 aliphatic rings. The van der Waals surface area contributed by atoms with E-state index >= 15 is 0 Å². The molecule has 0 amide bonds. The average Bonchev–Trinajstić information content (AvgIpc) is 2.63. The Bertz CT molecular complexity index is 418. The normalized spacial score (nSPS) is 12.6. The van der Waals surface area contributed by atoms with Gasteiger partial charge >= 0.3 is 0 Å². The topological polar surface area (TPSA) is 20.2 Å². The van der Waals surface area contributed by atoms with Gasteiger partial charge in [-0.1, -0.05) is 103 Å². The van der Waals surface area contributed by atoms with E-state index in [1.807, 2.05) is 12.1 Å². The van der Waals surface area contributed by atoms with Crippen LogP contribution in [0.2, 0.25) is 0 Å². The minimum absolute atomic E-state index is 0.511. The van der Waals surface area contributed by atoms with Crippen LogP contribution >= 0.6 is 0 Å². The van der Waals surface area contributed by atoms with Crippen molar-refractivity contribution in [3.05, 3.63) is 29.8 Å². The molecule has 1 atom stereocenters. The molecule has 1 unspecified atom stereocenters. The van der Waals surface area contributed by atoms with Crippen molar-refractivity contribution >= 4 is 0 Å². The maximum Gasteiger partial charge on any atom is 0.119 e. The van der Waals surface area contributed by atoms with Gasteiger partial charge in [0, 0.05) is 0 Å². The van der Waals surface area contributed by atoms with Gasteiger partial charge in [-0.2, -0.15) is 0 Å². The maximum absolute atomic E-state index is 10.5. The van der Waals surface area contributed by atoms with Crippen molar-refractivity contribution in [3.63, 3.8) is 0 Å². The Morgan fingerprint density at radius 3 is 1.84 bits per heavy atom. The van der Waals surface area contributed by atoms with Crippen LogP contribution in [0.25, 0.3) is 0 Å². The van der Waals surface area contributed by atoms with E-state index in [1.165, 1.54) is 89.0 Å². The molecule has 1 nitrogen and oxygen atoms in total. The van der Waals surface area contributed by atoms with Crippen molar-refractivity contribution in [2.24, 2.45) is 5.92 Å². The fourth-order valence-corrected chi connectivity index (χ4v) is 4.07. The van der Waals surface area contributed by atoms with Crippen LogP contribution in [0.4, 0.5) is 0 Å². The predicted octanol–water partition coefficient (Wildman–Crippen LogP) is 8.22. The second kappa shape index (κ2) is 14.2. The van der Waals surface area contributed by atoms with Crippen molar-refractivity contribution in [3.8, 4) is 5.75 Å². The number of para-hydroxylation sites is 1. The zero-order valence-electron chi connectivity index (χ0n) is 17.1. The summed E-state index contributed by atoms with van der Waals surface area (Å²) < 4.78 is 0. The second-order valence-corrected chi connectivity index (χ2v) is 7.77. The molecule has 1 rings (SSSR count). The smallest absolute Gasteiger partial charge is 0.119 e. The van der Waals surface area contributed by atoms with E-state index in [4.69, 9.17) is 0 Å². The van der Waals surface area contributed by atoms with Crippen LogP contribution in [0.1, 0.15) is 116 Å². The van der Waals surface area contributed by atoms with Gasteiger partial charge in [0.1, 0.15) is 5.75 Å². The van der Waals surface area contributed by atoms with Gasteiger partial charge in [0.05, 0.1) is 0 Å². The molecule has 25 heavy (non-hydrogen) atoms.